The van der Waals surface area contributed by atoms with Gasteiger partial charge < -0.3 is 14.9 Å². The van der Waals surface area contributed by atoms with Crippen LogP contribution in [0, 0.1) is 6.92 Å². The number of aromatic hydroxyl groups is 1. The highest BCUT2D eigenvalue weighted by molar-refractivity contribution is 9.10. The third kappa shape index (κ3) is 1.86. The molecule has 0 aliphatic heterocycles. The van der Waals surface area contributed by atoms with Crippen molar-refractivity contribution in [1.82, 2.24) is 0 Å². The number of aliphatic hydroxyl groups is 1. The van der Waals surface area contributed by atoms with E-state index < -0.39 is 6.10 Å². The van der Waals surface area contributed by atoms with Crippen LogP contribution in [0.15, 0.2) is 10.5 Å². The van der Waals surface area contributed by atoms with Crippen molar-refractivity contribution in [1.29, 1.82) is 0 Å². The zero-order chi connectivity index (χ0) is 10.9. The maximum Gasteiger partial charge on any atom is 0.164 e. The van der Waals surface area contributed by atoms with Gasteiger partial charge in [0.1, 0.15) is 0 Å². The van der Waals surface area contributed by atoms with E-state index in [0.29, 0.717) is 11.3 Å². The summed E-state index contributed by atoms with van der Waals surface area (Å²) in [5.41, 5.74) is 1.27. The quantitative estimate of drug-likeness (QED) is 0.860. The van der Waals surface area contributed by atoms with Gasteiger partial charge in [-0.05, 0) is 19.9 Å². The number of halogens is 1. The first kappa shape index (κ1) is 11.3. The van der Waals surface area contributed by atoms with E-state index in [1.54, 1.807) is 13.0 Å². The first-order valence-electron chi connectivity index (χ1n) is 4.23. The van der Waals surface area contributed by atoms with Crippen molar-refractivity contribution in [3.05, 3.63) is 21.7 Å². The Morgan fingerprint density at radius 3 is 2.50 bits per heavy atom. The lowest BCUT2D eigenvalue weighted by Crippen LogP contribution is -1.97. The van der Waals surface area contributed by atoms with E-state index >= 15 is 0 Å². The van der Waals surface area contributed by atoms with Crippen LogP contribution in [-0.4, -0.2) is 17.3 Å². The average Bonchev–Trinajstić information content (AvgIpc) is 2.12. The summed E-state index contributed by atoms with van der Waals surface area (Å²) in [6.07, 6.45) is -0.721. The van der Waals surface area contributed by atoms with E-state index in [4.69, 9.17) is 4.74 Å². The lowest BCUT2D eigenvalue weighted by Gasteiger charge is -2.14. The number of ether oxygens (including phenoxy) is 1. The smallest absolute Gasteiger partial charge is 0.164 e. The van der Waals surface area contributed by atoms with Crippen molar-refractivity contribution >= 4 is 15.9 Å². The van der Waals surface area contributed by atoms with Gasteiger partial charge in [0.25, 0.3) is 0 Å². The third-order valence-electron chi connectivity index (χ3n) is 2.12. The largest absolute Gasteiger partial charge is 0.504 e. The molecule has 3 nitrogen and oxygen atoms in total. The standard InChI is InChI=1S/C10H13BrO3/c1-5-8(11)4-7(6(2)12)9(13)10(5)14-3/h4,6,12-13H,1-3H3. The Hall–Kier alpha value is -0.740. The molecule has 0 saturated heterocycles. The number of hydrogen-bond acceptors (Lipinski definition) is 3. The summed E-state index contributed by atoms with van der Waals surface area (Å²) in [6.45, 7) is 3.42. The second-order valence-corrected chi connectivity index (χ2v) is 3.98. The van der Waals surface area contributed by atoms with Gasteiger partial charge in [0.2, 0.25) is 0 Å². The molecule has 4 heteroatoms. The highest BCUT2D eigenvalue weighted by Gasteiger charge is 2.16. The molecule has 0 fully saturated rings. The molecule has 1 atom stereocenters. The van der Waals surface area contributed by atoms with E-state index in [-0.39, 0.29) is 5.75 Å². The molecular weight excluding hydrogens is 248 g/mol. The van der Waals surface area contributed by atoms with Gasteiger partial charge in [-0.25, -0.2) is 0 Å². The Labute approximate surface area is 91.5 Å². The van der Waals surface area contributed by atoms with Gasteiger partial charge in [-0.1, -0.05) is 15.9 Å². The maximum atomic E-state index is 9.76. The molecule has 14 heavy (non-hydrogen) atoms. The molecule has 0 aliphatic carbocycles. The maximum absolute atomic E-state index is 9.76. The molecule has 0 radical (unpaired) electrons. The second kappa shape index (κ2) is 4.19. The number of rotatable bonds is 2. The van der Waals surface area contributed by atoms with E-state index in [1.807, 2.05) is 6.92 Å². The Kier molecular flexibility index (Phi) is 3.39. The average molecular weight is 261 g/mol. The Bertz CT molecular complexity index is 348. The highest BCUT2D eigenvalue weighted by atomic mass is 79.9. The van der Waals surface area contributed by atoms with E-state index in [9.17, 15) is 10.2 Å². The van der Waals surface area contributed by atoms with Crippen molar-refractivity contribution in [3.63, 3.8) is 0 Å². The van der Waals surface area contributed by atoms with Gasteiger partial charge >= 0.3 is 0 Å². The topological polar surface area (TPSA) is 49.7 Å². The fraction of sp³-hybridized carbons (Fsp3) is 0.400. The number of methoxy groups -OCH3 is 1. The van der Waals surface area contributed by atoms with Crippen LogP contribution in [0.4, 0.5) is 0 Å². The molecule has 1 rings (SSSR count). The van der Waals surface area contributed by atoms with Crippen molar-refractivity contribution in [2.24, 2.45) is 0 Å². The van der Waals surface area contributed by atoms with E-state index in [2.05, 4.69) is 15.9 Å². The lowest BCUT2D eigenvalue weighted by atomic mass is 10.1. The summed E-state index contributed by atoms with van der Waals surface area (Å²) in [7, 11) is 1.49. The van der Waals surface area contributed by atoms with Crippen LogP contribution in [0.5, 0.6) is 11.5 Å². The molecule has 0 saturated carbocycles. The summed E-state index contributed by atoms with van der Waals surface area (Å²) in [6, 6.07) is 1.69. The molecule has 1 aromatic carbocycles. The first-order chi connectivity index (χ1) is 6.49. The fourth-order valence-corrected chi connectivity index (χ4v) is 1.73. The SMILES string of the molecule is COc1c(C)c(Br)cc(C(C)O)c1O. The zero-order valence-electron chi connectivity index (χ0n) is 8.34. The normalized spacial score (nSPS) is 12.6. The van der Waals surface area contributed by atoms with Gasteiger partial charge in [-0.2, -0.15) is 0 Å². The Morgan fingerprint density at radius 1 is 1.50 bits per heavy atom. The third-order valence-corrected chi connectivity index (χ3v) is 2.95. The number of phenols is 1. The second-order valence-electron chi connectivity index (χ2n) is 3.13. The zero-order valence-corrected chi connectivity index (χ0v) is 9.92. The predicted octanol–water partition coefficient (Wildman–Crippen LogP) is 2.53. The van der Waals surface area contributed by atoms with E-state index in [1.165, 1.54) is 7.11 Å². The molecule has 0 bridgehead atoms. The van der Waals surface area contributed by atoms with Gasteiger partial charge in [0, 0.05) is 15.6 Å². The summed E-state index contributed by atoms with van der Waals surface area (Å²) in [5, 5.41) is 19.2. The Morgan fingerprint density at radius 2 is 2.07 bits per heavy atom. The van der Waals surface area contributed by atoms with Crippen LogP contribution < -0.4 is 4.74 Å². The highest BCUT2D eigenvalue weighted by Crippen LogP contribution is 2.40. The van der Waals surface area contributed by atoms with Crippen LogP contribution in [-0.2, 0) is 0 Å². The minimum Gasteiger partial charge on any atom is -0.504 e. The molecule has 0 amide bonds. The predicted molar refractivity (Wildman–Crippen MR) is 57.7 cm³/mol. The monoisotopic (exact) mass is 260 g/mol. The number of hydrogen-bond donors (Lipinski definition) is 2. The summed E-state index contributed by atoms with van der Waals surface area (Å²) in [4.78, 5) is 0. The molecular formula is C10H13BrO3. The van der Waals surface area contributed by atoms with E-state index in [0.717, 1.165) is 10.0 Å². The summed E-state index contributed by atoms with van der Waals surface area (Å²) >= 11 is 3.34. The lowest BCUT2D eigenvalue weighted by molar-refractivity contribution is 0.193. The summed E-state index contributed by atoms with van der Waals surface area (Å²) in [5.74, 6) is 0.401. The first-order valence-corrected chi connectivity index (χ1v) is 5.02. The van der Waals surface area contributed by atoms with Crippen LogP contribution >= 0.6 is 15.9 Å². The van der Waals surface area contributed by atoms with Crippen LogP contribution in [0.2, 0.25) is 0 Å². The van der Waals surface area contributed by atoms with Gasteiger partial charge in [0.15, 0.2) is 11.5 Å². The van der Waals surface area contributed by atoms with Crippen molar-refractivity contribution in [2.45, 2.75) is 20.0 Å². The molecule has 1 aromatic rings. The number of phenolic OH excluding ortho intramolecular Hbond substituents is 1. The molecule has 0 heterocycles. The molecule has 0 spiro atoms. The van der Waals surface area contributed by atoms with Crippen molar-refractivity contribution < 1.29 is 14.9 Å². The van der Waals surface area contributed by atoms with Crippen LogP contribution in [0.3, 0.4) is 0 Å². The fourth-order valence-electron chi connectivity index (χ4n) is 1.30. The summed E-state index contributed by atoms with van der Waals surface area (Å²) < 4.78 is 5.86. The van der Waals surface area contributed by atoms with Gasteiger partial charge in [0.05, 0.1) is 13.2 Å². The van der Waals surface area contributed by atoms with Crippen LogP contribution in [0.25, 0.3) is 0 Å². The Balaban J connectivity index is 3.42. The van der Waals surface area contributed by atoms with Crippen LogP contribution in [0.1, 0.15) is 24.2 Å². The van der Waals surface area contributed by atoms with Crippen molar-refractivity contribution in [2.75, 3.05) is 7.11 Å². The number of aliphatic hydroxyl groups excluding tert-OH is 1. The van der Waals surface area contributed by atoms with Gasteiger partial charge in [-0.3, -0.25) is 0 Å². The molecule has 0 aliphatic rings. The minimum absolute atomic E-state index is 0.00296. The molecule has 2 N–H and O–H groups in total. The molecule has 78 valence electrons. The molecule has 1 unspecified atom stereocenters. The minimum atomic E-state index is -0.721. The van der Waals surface area contributed by atoms with Gasteiger partial charge in [-0.15, -0.1) is 0 Å². The number of benzene rings is 1. The molecule has 0 aromatic heterocycles. The van der Waals surface area contributed by atoms with Crippen molar-refractivity contribution in [3.8, 4) is 11.5 Å².